The highest BCUT2D eigenvalue weighted by molar-refractivity contribution is 5.85. The van der Waals surface area contributed by atoms with Crippen molar-refractivity contribution in [3.8, 4) is 0 Å². The number of nitrogens with zero attached hydrogens (tertiary/aromatic N) is 2. The molecule has 0 N–H and O–H groups in total. The Morgan fingerprint density at radius 1 is 1.18 bits per heavy atom. The molecular weight excluding hydrogens is 356 g/mol. The molecule has 3 aliphatic rings. The molecule has 3 aliphatic heterocycles. The molecule has 0 spiro atoms. The van der Waals surface area contributed by atoms with Crippen LogP contribution in [0.3, 0.4) is 0 Å². The lowest BCUT2D eigenvalue weighted by Crippen LogP contribution is -2.50. The topological polar surface area (TPSA) is 59.1 Å². The highest BCUT2D eigenvalue weighted by atomic mass is 16.5. The summed E-state index contributed by atoms with van der Waals surface area (Å²) in [5.41, 5.74) is 0.504. The molecule has 0 aromatic heterocycles. The van der Waals surface area contributed by atoms with Crippen molar-refractivity contribution in [3.05, 3.63) is 35.9 Å². The summed E-state index contributed by atoms with van der Waals surface area (Å²) in [5, 5.41) is 0. The summed E-state index contributed by atoms with van der Waals surface area (Å²) in [7, 11) is 0. The third-order valence-corrected chi connectivity index (χ3v) is 6.54. The van der Waals surface area contributed by atoms with Crippen LogP contribution in [0.15, 0.2) is 30.3 Å². The molecule has 0 aliphatic carbocycles. The molecule has 0 saturated carbocycles. The first-order valence-corrected chi connectivity index (χ1v) is 10.5. The highest BCUT2D eigenvalue weighted by Crippen LogP contribution is 2.52. The predicted molar refractivity (Wildman–Crippen MR) is 105 cm³/mol. The van der Waals surface area contributed by atoms with Gasteiger partial charge in [-0.05, 0) is 38.2 Å². The molecule has 6 heteroatoms. The summed E-state index contributed by atoms with van der Waals surface area (Å²) in [6, 6.07) is 10.2. The Labute approximate surface area is 166 Å². The zero-order valence-corrected chi connectivity index (χ0v) is 16.6. The Bertz CT molecular complexity index is 704. The third-order valence-electron chi connectivity index (χ3n) is 6.54. The minimum Gasteiger partial charge on any atom is -0.465 e. The van der Waals surface area contributed by atoms with Crippen LogP contribution < -0.4 is 0 Å². The molecule has 2 bridgehead atoms. The summed E-state index contributed by atoms with van der Waals surface area (Å²) >= 11 is 0. The highest BCUT2D eigenvalue weighted by Gasteiger charge is 2.61. The monoisotopic (exact) mass is 386 g/mol. The van der Waals surface area contributed by atoms with Crippen LogP contribution in [0.4, 0.5) is 0 Å². The van der Waals surface area contributed by atoms with Crippen molar-refractivity contribution in [3.63, 3.8) is 0 Å². The average Bonchev–Trinajstić information content (AvgIpc) is 3.26. The maximum atomic E-state index is 13.2. The molecule has 0 radical (unpaired) electrons. The van der Waals surface area contributed by atoms with Gasteiger partial charge in [0.1, 0.15) is 0 Å². The van der Waals surface area contributed by atoms with Crippen molar-refractivity contribution in [1.29, 1.82) is 0 Å². The molecule has 28 heavy (non-hydrogen) atoms. The Hall–Kier alpha value is -1.92. The Morgan fingerprint density at radius 2 is 1.93 bits per heavy atom. The van der Waals surface area contributed by atoms with E-state index < -0.39 is 5.41 Å². The second kappa shape index (κ2) is 8.21. The maximum Gasteiger partial charge on any atom is 0.314 e. The van der Waals surface area contributed by atoms with Gasteiger partial charge in [-0.15, -0.1) is 0 Å². The minimum absolute atomic E-state index is 0.0645. The number of benzene rings is 1. The van der Waals surface area contributed by atoms with Crippen LogP contribution in [0.2, 0.25) is 0 Å². The third kappa shape index (κ3) is 3.55. The van der Waals surface area contributed by atoms with E-state index in [1.165, 1.54) is 0 Å². The van der Waals surface area contributed by atoms with Crippen molar-refractivity contribution in [1.82, 2.24) is 9.80 Å². The van der Waals surface area contributed by atoms with E-state index in [4.69, 9.17) is 9.47 Å². The SMILES string of the molecule is CCOC(=O)[C@@]1(Cc2ccccc2)C[C@H]2CC[C@@H]1N2C(=O)CN1CCOCC1. The molecule has 1 aromatic rings. The molecule has 3 heterocycles. The lowest BCUT2D eigenvalue weighted by Gasteiger charge is -2.36. The zero-order valence-electron chi connectivity index (χ0n) is 16.6. The molecule has 1 aromatic carbocycles. The van der Waals surface area contributed by atoms with Gasteiger partial charge in [-0.1, -0.05) is 30.3 Å². The van der Waals surface area contributed by atoms with Crippen molar-refractivity contribution < 1.29 is 19.1 Å². The molecule has 3 fully saturated rings. The van der Waals surface area contributed by atoms with Crippen LogP contribution in [0.5, 0.6) is 0 Å². The summed E-state index contributed by atoms with van der Waals surface area (Å²) in [6.45, 7) is 5.59. The van der Waals surface area contributed by atoms with Crippen molar-refractivity contribution in [2.24, 2.45) is 5.41 Å². The summed E-state index contributed by atoms with van der Waals surface area (Å²) < 4.78 is 10.9. The second-order valence-corrected chi connectivity index (χ2v) is 8.18. The number of hydrogen-bond donors (Lipinski definition) is 0. The number of carbonyl (C=O) groups excluding carboxylic acids is 2. The first kappa shape index (κ1) is 19.4. The first-order chi connectivity index (χ1) is 13.6. The van der Waals surface area contributed by atoms with Crippen LogP contribution in [0.1, 0.15) is 31.7 Å². The normalized spacial score (nSPS) is 29.8. The quantitative estimate of drug-likeness (QED) is 0.699. The van der Waals surface area contributed by atoms with E-state index in [1.54, 1.807) is 0 Å². The largest absolute Gasteiger partial charge is 0.465 e. The Balaban J connectivity index is 1.56. The van der Waals surface area contributed by atoms with Gasteiger partial charge >= 0.3 is 5.97 Å². The summed E-state index contributed by atoms with van der Waals surface area (Å²) in [4.78, 5) is 30.5. The van der Waals surface area contributed by atoms with Gasteiger partial charge in [-0.2, -0.15) is 0 Å². The van der Waals surface area contributed by atoms with E-state index in [1.807, 2.05) is 30.0 Å². The number of esters is 1. The fourth-order valence-electron chi connectivity index (χ4n) is 5.31. The number of carbonyl (C=O) groups is 2. The van der Waals surface area contributed by atoms with Crippen molar-refractivity contribution >= 4 is 11.9 Å². The average molecular weight is 386 g/mol. The van der Waals surface area contributed by atoms with Crippen LogP contribution in [-0.4, -0.2) is 73.2 Å². The number of rotatable bonds is 6. The van der Waals surface area contributed by atoms with Crippen LogP contribution in [-0.2, 0) is 25.5 Å². The Morgan fingerprint density at radius 3 is 2.64 bits per heavy atom. The van der Waals surface area contributed by atoms with Gasteiger partial charge in [0, 0.05) is 25.2 Å². The maximum absolute atomic E-state index is 13.2. The molecule has 152 valence electrons. The van der Waals surface area contributed by atoms with E-state index in [-0.39, 0.29) is 24.0 Å². The second-order valence-electron chi connectivity index (χ2n) is 8.18. The number of fused-ring (bicyclic) bond motifs is 2. The van der Waals surface area contributed by atoms with E-state index >= 15 is 0 Å². The van der Waals surface area contributed by atoms with Gasteiger partial charge in [-0.25, -0.2) is 0 Å². The van der Waals surface area contributed by atoms with Gasteiger partial charge in [0.2, 0.25) is 5.91 Å². The smallest absolute Gasteiger partial charge is 0.314 e. The molecular formula is C22H30N2O4. The van der Waals surface area contributed by atoms with Gasteiger partial charge in [-0.3, -0.25) is 14.5 Å². The molecule has 1 amide bonds. The number of hydrogen-bond acceptors (Lipinski definition) is 5. The number of amides is 1. The van der Waals surface area contributed by atoms with Crippen molar-refractivity contribution in [2.75, 3.05) is 39.5 Å². The van der Waals surface area contributed by atoms with E-state index in [0.29, 0.717) is 39.2 Å². The van der Waals surface area contributed by atoms with Gasteiger partial charge < -0.3 is 14.4 Å². The Kier molecular flexibility index (Phi) is 5.69. The molecule has 3 saturated heterocycles. The lowest BCUT2D eigenvalue weighted by atomic mass is 9.70. The first-order valence-electron chi connectivity index (χ1n) is 10.5. The number of ether oxygens (including phenoxy) is 2. The van der Waals surface area contributed by atoms with Crippen molar-refractivity contribution in [2.45, 2.75) is 44.7 Å². The summed E-state index contributed by atoms with van der Waals surface area (Å²) in [6.07, 6.45) is 3.20. The van der Waals surface area contributed by atoms with E-state index in [9.17, 15) is 9.59 Å². The lowest BCUT2D eigenvalue weighted by molar-refractivity contribution is -0.158. The molecule has 6 nitrogen and oxygen atoms in total. The minimum atomic E-state index is -0.624. The predicted octanol–water partition coefficient (Wildman–Crippen LogP) is 1.87. The molecule has 0 unspecified atom stereocenters. The van der Waals surface area contributed by atoms with Crippen LogP contribution in [0, 0.1) is 5.41 Å². The molecule has 4 rings (SSSR count). The standard InChI is InChI=1S/C22H30N2O4/c1-2-28-21(26)22(14-17-6-4-3-5-7-17)15-18-8-9-19(22)24(18)20(25)16-23-10-12-27-13-11-23/h3-7,18-19H,2,8-16H2,1H3/t18-,19+,22+/m1/s1. The van der Waals surface area contributed by atoms with E-state index in [0.717, 1.165) is 31.5 Å². The molecule has 3 atom stereocenters. The van der Waals surface area contributed by atoms with Gasteiger partial charge in [0.05, 0.1) is 31.8 Å². The summed E-state index contributed by atoms with van der Waals surface area (Å²) in [5.74, 6) is 0.00357. The number of morpholine rings is 1. The van der Waals surface area contributed by atoms with Crippen LogP contribution in [0.25, 0.3) is 0 Å². The van der Waals surface area contributed by atoms with Crippen LogP contribution >= 0.6 is 0 Å². The fourth-order valence-corrected chi connectivity index (χ4v) is 5.31. The fraction of sp³-hybridized carbons (Fsp3) is 0.636. The van der Waals surface area contributed by atoms with Gasteiger partial charge in [0.15, 0.2) is 0 Å². The zero-order chi connectivity index (χ0) is 19.6. The van der Waals surface area contributed by atoms with E-state index in [2.05, 4.69) is 17.0 Å². The van der Waals surface area contributed by atoms with Gasteiger partial charge in [0.25, 0.3) is 0 Å².